The van der Waals surface area contributed by atoms with Crippen LogP contribution in [-0.4, -0.2) is 39.8 Å². The molecule has 1 rings (SSSR count). The second-order valence-electron chi connectivity index (χ2n) is 3.90. The Bertz CT molecular complexity index is 413. The van der Waals surface area contributed by atoms with Crippen molar-refractivity contribution in [1.82, 2.24) is 10.6 Å². The zero-order chi connectivity index (χ0) is 14.1. The van der Waals surface area contributed by atoms with E-state index in [4.69, 9.17) is 21.1 Å². The molecule has 0 aliphatic rings. The summed E-state index contributed by atoms with van der Waals surface area (Å²) in [5.74, 6) is 0.621. The van der Waals surface area contributed by atoms with Gasteiger partial charge < -0.3 is 20.1 Å². The van der Waals surface area contributed by atoms with Crippen LogP contribution in [0, 0.1) is 0 Å². The van der Waals surface area contributed by atoms with Gasteiger partial charge in [-0.25, -0.2) is 0 Å². The van der Waals surface area contributed by atoms with Crippen LogP contribution in [0.1, 0.15) is 5.56 Å². The molecule has 5 nitrogen and oxygen atoms in total. The molecule has 0 aromatic heterocycles. The summed E-state index contributed by atoms with van der Waals surface area (Å²) in [4.78, 5) is 11.6. The Labute approximate surface area is 118 Å². The number of amides is 1. The summed E-state index contributed by atoms with van der Waals surface area (Å²) in [5.41, 5.74) is 0.847. The van der Waals surface area contributed by atoms with Crippen LogP contribution in [0.4, 0.5) is 0 Å². The summed E-state index contributed by atoms with van der Waals surface area (Å²) in [5, 5.41) is 6.38. The first kappa shape index (κ1) is 15.8. The van der Waals surface area contributed by atoms with Gasteiger partial charge in [-0.2, -0.15) is 0 Å². The van der Waals surface area contributed by atoms with Gasteiger partial charge in [-0.1, -0.05) is 11.6 Å². The molecule has 1 aromatic rings. The van der Waals surface area contributed by atoms with Gasteiger partial charge in [0.25, 0.3) is 0 Å². The SMILES string of the molecule is COCCNCC(=O)NCc1cc(Cl)ccc1OC. The number of carbonyl (C=O) groups is 1. The number of nitrogens with one attached hydrogen (secondary N) is 2. The second kappa shape index (κ2) is 8.74. The van der Waals surface area contributed by atoms with Gasteiger partial charge in [0.05, 0.1) is 20.3 Å². The quantitative estimate of drug-likeness (QED) is 0.705. The Balaban J connectivity index is 2.39. The van der Waals surface area contributed by atoms with E-state index in [0.717, 1.165) is 5.56 Å². The maximum Gasteiger partial charge on any atom is 0.234 e. The number of benzene rings is 1. The lowest BCUT2D eigenvalue weighted by Gasteiger charge is -2.10. The molecule has 0 atom stereocenters. The Morgan fingerprint density at radius 2 is 2.16 bits per heavy atom. The molecule has 0 saturated carbocycles. The van der Waals surface area contributed by atoms with Crippen LogP contribution in [0.2, 0.25) is 5.02 Å². The van der Waals surface area contributed by atoms with Gasteiger partial charge in [0.2, 0.25) is 5.91 Å². The molecule has 0 saturated heterocycles. The molecule has 0 spiro atoms. The molecule has 1 amide bonds. The molecule has 0 bridgehead atoms. The van der Waals surface area contributed by atoms with Crippen LogP contribution in [0.5, 0.6) is 5.75 Å². The van der Waals surface area contributed by atoms with Crippen LogP contribution in [0.15, 0.2) is 18.2 Å². The molecule has 2 N–H and O–H groups in total. The van der Waals surface area contributed by atoms with Crippen molar-refractivity contribution in [1.29, 1.82) is 0 Å². The summed E-state index contributed by atoms with van der Waals surface area (Å²) in [6.07, 6.45) is 0. The van der Waals surface area contributed by atoms with Crippen LogP contribution in [0.3, 0.4) is 0 Å². The van der Waals surface area contributed by atoms with E-state index in [0.29, 0.717) is 30.5 Å². The highest BCUT2D eigenvalue weighted by atomic mass is 35.5. The van der Waals surface area contributed by atoms with Gasteiger partial charge in [0.1, 0.15) is 5.75 Å². The van der Waals surface area contributed by atoms with E-state index in [1.807, 2.05) is 0 Å². The average molecular weight is 287 g/mol. The first-order valence-corrected chi connectivity index (χ1v) is 6.34. The number of rotatable bonds is 8. The normalized spacial score (nSPS) is 10.3. The minimum absolute atomic E-state index is 0.0851. The van der Waals surface area contributed by atoms with Gasteiger partial charge in [0.15, 0.2) is 0 Å². The molecular weight excluding hydrogens is 268 g/mol. The van der Waals surface area contributed by atoms with Crippen LogP contribution < -0.4 is 15.4 Å². The zero-order valence-corrected chi connectivity index (χ0v) is 11.9. The minimum Gasteiger partial charge on any atom is -0.496 e. The van der Waals surface area contributed by atoms with E-state index in [9.17, 15) is 4.79 Å². The third kappa shape index (κ3) is 5.92. The minimum atomic E-state index is -0.0851. The molecular formula is C13H19ClN2O3. The summed E-state index contributed by atoms with van der Waals surface area (Å²) in [6, 6.07) is 5.30. The molecule has 6 heteroatoms. The molecule has 0 aliphatic carbocycles. The summed E-state index contributed by atoms with van der Waals surface area (Å²) >= 11 is 5.91. The van der Waals surface area contributed by atoms with E-state index >= 15 is 0 Å². The highest BCUT2D eigenvalue weighted by Gasteiger charge is 2.06. The van der Waals surface area contributed by atoms with E-state index < -0.39 is 0 Å². The highest BCUT2D eigenvalue weighted by molar-refractivity contribution is 6.30. The van der Waals surface area contributed by atoms with E-state index in [1.165, 1.54) is 0 Å². The highest BCUT2D eigenvalue weighted by Crippen LogP contribution is 2.22. The standard InChI is InChI=1S/C13H19ClN2O3/c1-18-6-5-15-9-13(17)16-8-10-7-11(14)3-4-12(10)19-2/h3-4,7,15H,5-6,8-9H2,1-2H3,(H,16,17). The number of ether oxygens (including phenoxy) is 2. The van der Waals surface area contributed by atoms with Gasteiger partial charge in [-0.15, -0.1) is 0 Å². The second-order valence-corrected chi connectivity index (χ2v) is 4.34. The first-order valence-electron chi connectivity index (χ1n) is 5.96. The lowest BCUT2D eigenvalue weighted by atomic mass is 10.2. The molecule has 0 aliphatic heterocycles. The monoisotopic (exact) mass is 286 g/mol. The Morgan fingerprint density at radius 1 is 1.37 bits per heavy atom. The third-order valence-electron chi connectivity index (χ3n) is 2.49. The largest absolute Gasteiger partial charge is 0.496 e. The van der Waals surface area contributed by atoms with E-state index in [-0.39, 0.29) is 12.5 Å². The smallest absolute Gasteiger partial charge is 0.234 e. The van der Waals surface area contributed by atoms with Crippen LogP contribution >= 0.6 is 11.6 Å². The van der Waals surface area contributed by atoms with Gasteiger partial charge in [0, 0.05) is 30.8 Å². The van der Waals surface area contributed by atoms with Crippen LogP contribution in [0.25, 0.3) is 0 Å². The lowest BCUT2D eigenvalue weighted by Crippen LogP contribution is -2.34. The maximum absolute atomic E-state index is 11.6. The van der Waals surface area contributed by atoms with Crippen molar-refractivity contribution in [2.24, 2.45) is 0 Å². The maximum atomic E-state index is 11.6. The summed E-state index contributed by atoms with van der Waals surface area (Å²) in [7, 11) is 3.20. The topological polar surface area (TPSA) is 59.6 Å². The molecule has 0 heterocycles. The third-order valence-corrected chi connectivity index (χ3v) is 2.72. The summed E-state index contributed by atoms with van der Waals surface area (Å²) < 4.78 is 10.1. The van der Waals surface area contributed by atoms with Crippen LogP contribution in [-0.2, 0) is 16.1 Å². The molecule has 106 valence electrons. The molecule has 0 unspecified atom stereocenters. The fourth-order valence-electron chi connectivity index (χ4n) is 1.52. The number of hydrogen-bond donors (Lipinski definition) is 2. The number of carbonyl (C=O) groups excluding carboxylic acids is 1. The predicted molar refractivity (Wildman–Crippen MR) is 74.6 cm³/mol. The van der Waals surface area contributed by atoms with Crippen molar-refractivity contribution in [2.45, 2.75) is 6.54 Å². The van der Waals surface area contributed by atoms with Gasteiger partial charge in [-0.05, 0) is 18.2 Å². The molecule has 0 radical (unpaired) electrons. The van der Waals surface area contributed by atoms with Gasteiger partial charge >= 0.3 is 0 Å². The molecule has 0 fully saturated rings. The number of hydrogen-bond acceptors (Lipinski definition) is 4. The zero-order valence-electron chi connectivity index (χ0n) is 11.2. The predicted octanol–water partition coefficient (Wildman–Crippen LogP) is 1.20. The van der Waals surface area contributed by atoms with E-state index in [1.54, 1.807) is 32.4 Å². The van der Waals surface area contributed by atoms with Crippen molar-refractivity contribution in [2.75, 3.05) is 33.9 Å². The average Bonchev–Trinajstić information content (AvgIpc) is 2.41. The Kier molecular flexibility index (Phi) is 7.25. The Morgan fingerprint density at radius 3 is 2.84 bits per heavy atom. The van der Waals surface area contributed by atoms with Crippen molar-refractivity contribution in [3.8, 4) is 5.75 Å². The number of halogens is 1. The van der Waals surface area contributed by atoms with Crippen molar-refractivity contribution in [3.05, 3.63) is 28.8 Å². The lowest BCUT2D eigenvalue weighted by molar-refractivity contribution is -0.120. The van der Waals surface area contributed by atoms with Gasteiger partial charge in [-0.3, -0.25) is 4.79 Å². The summed E-state index contributed by atoms with van der Waals surface area (Å²) in [6.45, 7) is 1.86. The van der Waals surface area contributed by atoms with Crippen molar-refractivity contribution in [3.63, 3.8) is 0 Å². The first-order chi connectivity index (χ1) is 9.17. The molecule has 1 aromatic carbocycles. The molecule has 19 heavy (non-hydrogen) atoms. The van der Waals surface area contributed by atoms with Crippen molar-refractivity contribution >= 4 is 17.5 Å². The fraction of sp³-hybridized carbons (Fsp3) is 0.462. The van der Waals surface area contributed by atoms with E-state index in [2.05, 4.69) is 10.6 Å². The fourth-order valence-corrected chi connectivity index (χ4v) is 1.71. The Hall–Kier alpha value is -1.30. The number of methoxy groups -OCH3 is 2. The van der Waals surface area contributed by atoms with Crippen molar-refractivity contribution < 1.29 is 14.3 Å².